The van der Waals surface area contributed by atoms with Gasteiger partial charge in [-0.3, -0.25) is 4.68 Å². The Morgan fingerprint density at radius 1 is 1.20 bits per heavy atom. The summed E-state index contributed by atoms with van der Waals surface area (Å²) in [6.07, 6.45) is -0.0800. The number of benzene rings is 1. The Morgan fingerprint density at radius 3 is 2.35 bits per heavy atom. The third-order valence-electron chi connectivity index (χ3n) is 3.47. The number of hydrogen-bond acceptors (Lipinski definition) is 2. The van der Waals surface area contributed by atoms with Crippen LogP contribution in [-0.4, -0.2) is 14.9 Å². The van der Waals surface area contributed by atoms with Gasteiger partial charge in [-0.2, -0.15) is 5.10 Å². The molecule has 1 atom stereocenters. The second-order valence-electron chi connectivity index (χ2n) is 5.30. The van der Waals surface area contributed by atoms with Crippen LogP contribution in [0, 0.1) is 20.8 Å². The minimum atomic E-state index is -0.562. The molecule has 108 valence electrons. The number of halogens is 1. The van der Waals surface area contributed by atoms with E-state index in [0.29, 0.717) is 11.4 Å². The van der Waals surface area contributed by atoms with Gasteiger partial charge in [0.1, 0.15) is 0 Å². The molecule has 0 aliphatic rings. The van der Waals surface area contributed by atoms with Crippen LogP contribution in [0.1, 0.15) is 41.1 Å². The molecule has 0 spiro atoms. The zero-order chi connectivity index (χ0) is 14.9. The Balaban J connectivity index is 2.29. The van der Waals surface area contributed by atoms with Gasteiger partial charge in [-0.1, -0.05) is 40.9 Å². The van der Waals surface area contributed by atoms with Crippen molar-refractivity contribution >= 4 is 11.6 Å². The molecule has 0 bridgehead atoms. The fraction of sp³-hybridized carbons (Fsp3) is 0.438. The molecule has 1 unspecified atom stereocenters. The summed E-state index contributed by atoms with van der Waals surface area (Å²) in [5.74, 6) is 0. The zero-order valence-corrected chi connectivity index (χ0v) is 13.2. The van der Waals surface area contributed by atoms with Gasteiger partial charge < -0.3 is 5.11 Å². The van der Waals surface area contributed by atoms with Crippen molar-refractivity contribution < 1.29 is 5.11 Å². The lowest BCUT2D eigenvalue weighted by Crippen LogP contribution is -2.09. The van der Waals surface area contributed by atoms with Crippen LogP contribution < -0.4 is 0 Å². The van der Waals surface area contributed by atoms with Crippen LogP contribution in [0.25, 0.3) is 0 Å². The second-order valence-corrected chi connectivity index (χ2v) is 5.68. The van der Waals surface area contributed by atoms with Gasteiger partial charge in [0.25, 0.3) is 0 Å². The fourth-order valence-corrected chi connectivity index (χ4v) is 2.78. The van der Waals surface area contributed by atoms with Crippen molar-refractivity contribution in [2.45, 2.75) is 46.8 Å². The number of aryl methyl sites for hydroxylation is 4. The number of rotatable bonds is 4. The van der Waals surface area contributed by atoms with E-state index in [2.05, 4.69) is 11.2 Å². The highest BCUT2D eigenvalue weighted by atomic mass is 35.5. The van der Waals surface area contributed by atoms with Crippen LogP contribution in [0.5, 0.6) is 0 Å². The first-order chi connectivity index (χ1) is 9.42. The standard InChI is InChI=1S/C16H21ClN2O/c1-5-19-14(16(17)12(4)18-19)9-15(20)13-7-10(2)6-11(3)8-13/h6-8,15,20H,5,9H2,1-4H3. The van der Waals surface area contributed by atoms with Crippen LogP contribution in [0.3, 0.4) is 0 Å². The lowest BCUT2D eigenvalue weighted by molar-refractivity contribution is 0.175. The average molecular weight is 293 g/mol. The number of hydrogen-bond donors (Lipinski definition) is 1. The molecular formula is C16H21ClN2O. The first kappa shape index (κ1) is 15.1. The van der Waals surface area contributed by atoms with E-state index >= 15 is 0 Å². The van der Waals surface area contributed by atoms with Gasteiger partial charge in [0.2, 0.25) is 0 Å². The largest absolute Gasteiger partial charge is 0.388 e. The predicted molar refractivity (Wildman–Crippen MR) is 82.2 cm³/mol. The monoisotopic (exact) mass is 292 g/mol. The van der Waals surface area contributed by atoms with E-state index in [1.54, 1.807) is 0 Å². The number of aliphatic hydroxyl groups excluding tert-OH is 1. The summed E-state index contributed by atoms with van der Waals surface area (Å²) in [5, 5.41) is 15.5. The van der Waals surface area contributed by atoms with E-state index in [1.165, 1.54) is 0 Å². The maximum atomic E-state index is 10.5. The van der Waals surface area contributed by atoms with Gasteiger partial charge in [-0.25, -0.2) is 0 Å². The molecule has 1 N–H and O–H groups in total. The molecule has 0 aliphatic heterocycles. The lowest BCUT2D eigenvalue weighted by Gasteiger charge is -2.14. The predicted octanol–water partition coefficient (Wildman–Crippen LogP) is 3.76. The molecular weight excluding hydrogens is 272 g/mol. The van der Waals surface area contributed by atoms with E-state index in [1.807, 2.05) is 44.5 Å². The molecule has 2 aromatic rings. The summed E-state index contributed by atoms with van der Waals surface area (Å²) < 4.78 is 1.86. The average Bonchev–Trinajstić information content (AvgIpc) is 2.65. The molecule has 3 nitrogen and oxygen atoms in total. The Morgan fingerprint density at radius 2 is 1.80 bits per heavy atom. The normalized spacial score (nSPS) is 12.7. The van der Waals surface area contributed by atoms with Gasteiger partial charge in [0.15, 0.2) is 0 Å². The summed E-state index contributed by atoms with van der Waals surface area (Å²) in [6, 6.07) is 6.14. The third-order valence-corrected chi connectivity index (χ3v) is 3.96. The summed E-state index contributed by atoms with van der Waals surface area (Å²) in [7, 11) is 0. The van der Waals surface area contributed by atoms with Crippen LogP contribution >= 0.6 is 11.6 Å². The van der Waals surface area contributed by atoms with E-state index in [4.69, 9.17) is 11.6 Å². The first-order valence-corrected chi connectivity index (χ1v) is 7.28. The van der Waals surface area contributed by atoms with E-state index in [9.17, 15) is 5.11 Å². The van der Waals surface area contributed by atoms with Crippen molar-refractivity contribution in [2.75, 3.05) is 0 Å². The van der Waals surface area contributed by atoms with Gasteiger partial charge in [0, 0.05) is 13.0 Å². The van der Waals surface area contributed by atoms with Gasteiger partial charge in [-0.15, -0.1) is 0 Å². The van der Waals surface area contributed by atoms with Crippen molar-refractivity contribution in [3.05, 3.63) is 51.3 Å². The minimum Gasteiger partial charge on any atom is -0.388 e. The highest BCUT2D eigenvalue weighted by molar-refractivity contribution is 6.31. The molecule has 20 heavy (non-hydrogen) atoms. The highest BCUT2D eigenvalue weighted by Gasteiger charge is 2.17. The van der Waals surface area contributed by atoms with Crippen molar-refractivity contribution in [3.63, 3.8) is 0 Å². The molecule has 0 aliphatic carbocycles. The summed E-state index contributed by atoms with van der Waals surface area (Å²) in [5.41, 5.74) is 4.96. The third kappa shape index (κ3) is 3.05. The molecule has 1 aromatic carbocycles. The first-order valence-electron chi connectivity index (χ1n) is 6.90. The Bertz CT molecular complexity index is 599. The lowest BCUT2D eigenvalue weighted by atomic mass is 10.00. The van der Waals surface area contributed by atoms with Gasteiger partial charge in [0.05, 0.1) is 22.5 Å². The van der Waals surface area contributed by atoms with Crippen LogP contribution in [0.2, 0.25) is 5.02 Å². The van der Waals surface area contributed by atoms with Crippen molar-refractivity contribution in [1.29, 1.82) is 0 Å². The van der Waals surface area contributed by atoms with E-state index in [-0.39, 0.29) is 0 Å². The maximum absolute atomic E-state index is 10.5. The molecule has 0 amide bonds. The van der Waals surface area contributed by atoms with Crippen LogP contribution in [-0.2, 0) is 13.0 Å². The molecule has 1 heterocycles. The molecule has 4 heteroatoms. The van der Waals surface area contributed by atoms with Crippen molar-refractivity contribution in [1.82, 2.24) is 9.78 Å². The molecule has 0 saturated carbocycles. The minimum absolute atomic E-state index is 0.483. The second kappa shape index (κ2) is 5.98. The smallest absolute Gasteiger partial charge is 0.0848 e. The maximum Gasteiger partial charge on any atom is 0.0848 e. The molecule has 1 aromatic heterocycles. The zero-order valence-electron chi connectivity index (χ0n) is 12.4. The van der Waals surface area contributed by atoms with Crippen molar-refractivity contribution in [3.8, 4) is 0 Å². The Kier molecular flexibility index (Phi) is 4.51. The number of aliphatic hydroxyl groups is 1. The van der Waals surface area contributed by atoms with E-state index < -0.39 is 6.10 Å². The van der Waals surface area contributed by atoms with E-state index in [0.717, 1.165) is 34.6 Å². The summed E-state index contributed by atoms with van der Waals surface area (Å²) in [4.78, 5) is 0. The number of aromatic nitrogens is 2. The summed E-state index contributed by atoms with van der Waals surface area (Å²) >= 11 is 6.29. The van der Waals surface area contributed by atoms with Crippen LogP contribution in [0.15, 0.2) is 18.2 Å². The molecule has 0 fully saturated rings. The topological polar surface area (TPSA) is 38.0 Å². The fourth-order valence-electron chi connectivity index (χ4n) is 2.57. The summed E-state index contributed by atoms with van der Waals surface area (Å²) in [6.45, 7) is 8.74. The SMILES string of the molecule is CCn1nc(C)c(Cl)c1CC(O)c1cc(C)cc(C)c1. The molecule has 2 rings (SSSR count). The Hall–Kier alpha value is -1.32. The van der Waals surface area contributed by atoms with Gasteiger partial charge in [-0.05, 0) is 33.3 Å². The van der Waals surface area contributed by atoms with Crippen LogP contribution in [0.4, 0.5) is 0 Å². The van der Waals surface area contributed by atoms with Gasteiger partial charge >= 0.3 is 0 Å². The molecule has 0 saturated heterocycles. The quantitative estimate of drug-likeness (QED) is 0.932. The molecule has 0 radical (unpaired) electrons. The number of nitrogens with zero attached hydrogens (tertiary/aromatic N) is 2. The van der Waals surface area contributed by atoms with Crippen molar-refractivity contribution in [2.24, 2.45) is 0 Å². The highest BCUT2D eigenvalue weighted by Crippen LogP contribution is 2.27. The Labute approximate surface area is 125 Å².